The quantitative estimate of drug-likeness (QED) is 0.520. The highest BCUT2D eigenvalue weighted by atomic mass is 32.2. The lowest BCUT2D eigenvalue weighted by Crippen LogP contribution is -2.37. The third-order valence-corrected chi connectivity index (χ3v) is 4.65. The maximum Gasteiger partial charge on any atom is 0.104 e. The summed E-state index contributed by atoms with van der Waals surface area (Å²) in [5.74, 6) is 1.16. The second-order valence-corrected chi connectivity index (χ2v) is 6.47. The summed E-state index contributed by atoms with van der Waals surface area (Å²) in [6.07, 6.45) is 1.20. The summed E-state index contributed by atoms with van der Waals surface area (Å²) >= 11 is 2.04. The molecule has 11 heavy (non-hydrogen) atoms. The molecule has 2 aliphatic heterocycles. The minimum Gasteiger partial charge on any atom is -0.362 e. The van der Waals surface area contributed by atoms with E-state index < -0.39 is 0 Å². The van der Waals surface area contributed by atoms with Gasteiger partial charge in [-0.25, -0.2) is 0 Å². The number of thioether (sulfide) groups is 1. The molecular formula is C9H16OS. The fourth-order valence-electron chi connectivity index (χ4n) is 2.07. The molecule has 0 aromatic carbocycles. The maximum atomic E-state index is 5.77. The molecule has 0 radical (unpaired) electrons. The van der Waals surface area contributed by atoms with E-state index in [1.54, 1.807) is 0 Å². The molecule has 0 N–H and O–H groups in total. The molecule has 2 unspecified atom stereocenters. The van der Waals surface area contributed by atoms with E-state index in [0.29, 0.717) is 4.75 Å². The molecule has 0 amide bonds. The van der Waals surface area contributed by atoms with Gasteiger partial charge in [-0.3, -0.25) is 0 Å². The van der Waals surface area contributed by atoms with Crippen molar-refractivity contribution in [2.24, 2.45) is 0 Å². The molecular weight excluding hydrogens is 156 g/mol. The molecule has 1 nitrogen and oxygen atoms in total. The Kier molecular flexibility index (Phi) is 1.29. The molecule has 0 aromatic heterocycles. The SMILES string of the molecule is CC1(C)CC2(C)OC2(C)CS1. The number of epoxide rings is 1. The van der Waals surface area contributed by atoms with Crippen LogP contribution in [0.1, 0.15) is 34.1 Å². The standard InChI is InChI=1S/C9H16OS/c1-7(2)5-8(3)9(4,10-8)6-11-7/h5-6H2,1-4H3. The average molecular weight is 172 g/mol. The van der Waals surface area contributed by atoms with Crippen LogP contribution in [0.4, 0.5) is 0 Å². The minimum absolute atomic E-state index is 0.196. The summed E-state index contributed by atoms with van der Waals surface area (Å²) in [6.45, 7) is 9.10. The molecule has 2 fully saturated rings. The number of hydrogen-bond acceptors (Lipinski definition) is 2. The van der Waals surface area contributed by atoms with Crippen LogP contribution in [0.2, 0.25) is 0 Å². The van der Waals surface area contributed by atoms with Crippen molar-refractivity contribution >= 4 is 11.8 Å². The van der Waals surface area contributed by atoms with Gasteiger partial charge in [-0.05, 0) is 20.3 Å². The number of rotatable bonds is 0. The number of ether oxygens (including phenoxy) is 1. The summed E-state index contributed by atoms with van der Waals surface area (Å²) in [4.78, 5) is 0. The molecule has 0 bridgehead atoms. The summed E-state index contributed by atoms with van der Waals surface area (Å²) in [5, 5.41) is 0. The largest absolute Gasteiger partial charge is 0.362 e. The molecule has 0 spiro atoms. The highest BCUT2D eigenvalue weighted by Gasteiger charge is 2.67. The average Bonchev–Trinajstić information content (AvgIpc) is 2.31. The third-order valence-electron chi connectivity index (χ3n) is 3.03. The Morgan fingerprint density at radius 1 is 1.09 bits per heavy atom. The van der Waals surface area contributed by atoms with Crippen LogP contribution in [0.5, 0.6) is 0 Å². The Labute approximate surface area is 72.9 Å². The van der Waals surface area contributed by atoms with Crippen molar-refractivity contribution in [2.45, 2.75) is 50.1 Å². The molecule has 2 heteroatoms. The van der Waals surface area contributed by atoms with Crippen molar-refractivity contribution in [3.8, 4) is 0 Å². The molecule has 2 atom stereocenters. The van der Waals surface area contributed by atoms with Gasteiger partial charge in [0.05, 0.1) is 5.60 Å². The van der Waals surface area contributed by atoms with E-state index in [4.69, 9.17) is 4.74 Å². The zero-order valence-corrected chi connectivity index (χ0v) is 8.55. The Morgan fingerprint density at radius 3 is 2.18 bits per heavy atom. The van der Waals surface area contributed by atoms with E-state index >= 15 is 0 Å². The predicted molar refractivity (Wildman–Crippen MR) is 49.0 cm³/mol. The van der Waals surface area contributed by atoms with E-state index in [-0.39, 0.29) is 11.2 Å². The van der Waals surface area contributed by atoms with Crippen LogP contribution >= 0.6 is 11.8 Å². The van der Waals surface area contributed by atoms with Crippen molar-refractivity contribution in [3.05, 3.63) is 0 Å². The first-order valence-electron chi connectivity index (χ1n) is 4.21. The highest BCUT2D eigenvalue weighted by Crippen LogP contribution is 2.60. The molecule has 0 aromatic rings. The summed E-state index contributed by atoms with van der Waals surface area (Å²) in [7, 11) is 0. The van der Waals surface area contributed by atoms with E-state index in [2.05, 4.69) is 27.7 Å². The van der Waals surface area contributed by atoms with Gasteiger partial charge in [-0.1, -0.05) is 13.8 Å². The van der Waals surface area contributed by atoms with E-state index in [1.165, 1.54) is 6.42 Å². The molecule has 0 aliphatic carbocycles. The molecule has 2 saturated heterocycles. The van der Waals surface area contributed by atoms with Gasteiger partial charge in [0.2, 0.25) is 0 Å². The first-order valence-corrected chi connectivity index (χ1v) is 5.20. The fourth-order valence-corrected chi connectivity index (χ4v) is 3.48. The maximum absolute atomic E-state index is 5.77. The van der Waals surface area contributed by atoms with Crippen LogP contribution in [-0.4, -0.2) is 21.7 Å². The van der Waals surface area contributed by atoms with Gasteiger partial charge in [-0.2, -0.15) is 11.8 Å². The third kappa shape index (κ3) is 1.03. The fraction of sp³-hybridized carbons (Fsp3) is 1.00. The molecule has 2 rings (SSSR count). The molecule has 64 valence electrons. The highest BCUT2D eigenvalue weighted by molar-refractivity contribution is 8.00. The minimum atomic E-state index is 0.196. The lowest BCUT2D eigenvalue weighted by atomic mass is 9.88. The first kappa shape index (κ1) is 7.93. The van der Waals surface area contributed by atoms with Crippen molar-refractivity contribution in [3.63, 3.8) is 0 Å². The lowest BCUT2D eigenvalue weighted by Gasteiger charge is -2.32. The predicted octanol–water partition coefficient (Wildman–Crippen LogP) is 2.45. The molecule has 0 saturated carbocycles. The first-order chi connectivity index (χ1) is 4.87. The van der Waals surface area contributed by atoms with Gasteiger partial charge in [0.15, 0.2) is 0 Å². The Balaban J connectivity index is 2.16. The van der Waals surface area contributed by atoms with E-state index in [9.17, 15) is 0 Å². The second kappa shape index (κ2) is 1.80. The number of hydrogen-bond donors (Lipinski definition) is 0. The van der Waals surface area contributed by atoms with E-state index in [0.717, 1.165) is 5.75 Å². The summed E-state index contributed by atoms with van der Waals surface area (Å²) < 4.78 is 6.19. The zero-order valence-electron chi connectivity index (χ0n) is 7.73. The normalized spacial score (nSPS) is 53.5. The van der Waals surface area contributed by atoms with Crippen molar-refractivity contribution in [2.75, 3.05) is 5.75 Å². The van der Waals surface area contributed by atoms with Crippen LogP contribution in [-0.2, 0) is 4.74 Å². The van der Waals surface area contributed by atoms with Gasteiger partial charge in [0, 0.05) is 10.5 Å². The van der Waals surface area contributed by atoms with Crippen LogP contribution in [0, 0.1) is 0 Å². The van der Waals surface area contributed by atoms with Crippen LogP contribution < -0.4 is 0 Å². The van der Waals surface area contributed by atoms with E-state index in [1.807, 2.05) is 11.8 Å². The lowest BCUT2D eigenvalue weighted by molar-refractivity contribution is 0.274. The van der Waals surface area contributed by atoms with Gasteiger partial charge in [0.1, 0.15) is 5.60 Å². The van der Waals surface area contributed by atoms with Crippen LogP contribution in [0.25, 0.3) is 0 Å². The number of fused-ring (bicyclic) bond motifs is 1. The monoisotopic (exact) mass is 172 g/mol. The zero-order chi connectivity index (χ0) is 8.33. The molecule has 2 aliphatic rings. The summed E-state index contributed by atoms with van der Waals surface area (Å²) in [5.41, 5.74) is 0.398. The Hall–Kier alpha value is 0.310. The van der Waals surface area contributed by atoms with Gasteiger partial charge >= 0.3 is 0 Å². The topological polar surface area (TPSA) is 12.5 Å². The molecule has 2 heterocycles. The Morgan fingerprint density at radius 2 is 1.73 bits per heavy atom. The van der Waals surface area contributed by atoms with Crippen molar-refractivity contribution < 1.29 is 4.74 Å². The summed E-state index contributed by atoms with van der Waals surface area (Å²) in [6, 6.07) is 0. The Bertz CT molecular complexity index is 202. The van der Waals surface area contributed by atoms with Crippen LogP contribution in [0.15, 0.2) is 0 Å². The van der Waals surface area contributed by atoms with Gasteiger partial charge < -0.3 is 4.74 Å². The van der Waals surface area contributed by atoms with Gasteiger partial charge in [-0.15, -0.1) is 0 Å². The van der Waals surface area contributed by atoms with Gasteiger partial charge in [0.25, 0.3) is 0 Å². The van der Waals surface area contributed by atoms with Crippen molar-refractivity contribution in [1.82, 2.24) is 0 Å². The van der Waals surface area contributed by atoms with Crippen molar-refractivity contribution in [1.29, 1.82) is 0 Å². The van der Waals surface area contributed by atoms with Crippen LogP contribution in [0.3, 0.4) is 0 Å². The second-order valence-electron chi connectivity index (χ2n) is 4.79. The smallest absolute Gasteiger partial charge is 0.104 e.